The van der Waals surface area contributed by atoms with Gasteiger partial charge >= 0.3 is 0 Å². The minimum atomic E-state index is 1.10. The van der Waals surface area contributed by atoms with E-state index in [0.717, 1.165) is 16.6 Å². The van der Waals surface area contributed by atoms with E-state index < -0.39 is 0 Å². The van der Waals surface area contributed by atoms with Crippen LogP contribution in [0.3, 0.4) is 0 Å². The normalized spacial score (nSPS) is 11.8. The highest BCUT2D eigenvalue weighted by molar-refractivity contribution is 6.22. The molecule has 0 N–H and O–H groups in total. The van der Waals surface area contributed by atoms with E-state index in [1.807, 2.05) is 10.7 Å². The molecular weight excluding hydrogens is 569 g/mol. The third-order valence-corrected chi connectivity index (χ3v) is 9.79. The Morgan fingerprint density at radius 1 is 0.362 bits per heavy atom. The Morgan fingerprint density at radius 2 is 0.851 bits per heavy atom. The summed E-state index contributed by atoms with van der Waals surface area (Å²) in [6, 6.07) is 57.7. The first-order chi connectivity index (χ1) is 23.3. The maximum Gasteiger partial charge on any atom is 0.0746 e. The fraction of sp³-hybridized carbons (Fsp3) is 0. The van der Waals surface area contributed by atoms with E-state index in [9.17, 15) is 0 Å². The topological polar surface area (TPSA) is 17.3 Å². The molecule has 218 valence electrons. The summed E-state index contributed by atoms with van der Waals surface area (Å²) in [5, 5.41) is 17.2. The van der Waals surface area contributed by atoms with Gasteiger partial charge in [0.2, 0.25) is 0 Å². The van der Waals surface area contributed by atoms with E-state index in [-0.39, 0.29) is 0 Å². The molecule has 2 heteroatoms. The van der Waals surface area contributed by atoms with Crippen molar-refractivity contribution >= 4 is 59.4 Å². The van der Waals surface area contributed by atoms with Gasteiger partial charge in [0.05, 0.1) is 11.7 Å². The summed E-state index contributed by atoms with van der Waals surface area (Å²) in [4.78, 5) is 0. The Kier molecular flexibility index (Phi) is 5.61. The lowest BCUT2D eigenvalue weighted by Crippen LogP contribution is -1.92. The second kappa shape index (κ2) is 10.1. The summed E-state index contributed by atoms with van der Waals surface area (Å²) in [5.41, 5.74) is 8.36. The van der Waals surface area contributed by atoms with Gasteiger partial charge in [0.1, 0.15) is 0 Å². The van der Waals surface area contributed by atoms with Crippen LogP contribution in [0.1, 0.15) is 0 Å². The molecule has 10 aromatic rings. The summed E-state index contributed by atoms with van der Waals surface area (Å²) >= 11 is 0. The molecule has 0 bridgehead atoms. The van der Waals surface area contributed by atoms with Crippen molar-refractivity contribution in [3.05, 3.63) is 170 Å². The molecule has 2 aromatic heterocycles. The lowest BCUT2D eigenvalue weighted by molar-refractivity contribution is 0.970. The monoisotopic (exact) mass is 596 g/mol. The van der Waals surface area contributed by atoms with E-state index in [1.54, 1.807) is 0 Å². The van der Waals surface area contributed by atoms with Gasteiger partial charge < -0.3 is 0 Å². The molecule has 8 aromatic carbocycles. The molecule has 0 amide bonds. The zero-order chi connectivity index (χ0) is 30.9. The van der Waals surface area contributed by atoms with Crippen LogP contribution < -0.4 is 0 Å². The molecule has 0 saturated carbocycles. The van der Waals surface area contributed by atoms with E-state index in [1.165, 1.54) is 76.1 Å². The number of aromatic nitrogens is 2. The van der Waals surface area contributed by atoms with Crippen molar-refractivity contribution in [3.8, 4) is 33.4 Å². The second-order valence-electron chi connectivity index (χ2n) is 12.5. The van der Waals surface area contributed by atoms with Crippen molar-refractivity contribution in [3.63, 3.8) is 0 Å². The maximum atomic E-state index is 4.80. The molecule has 0 spiro atoms. The van der Waals surface area contributed by atoms with E-state index in [4.69, 9.17) is 5.10 Å². The number of benzene rings is 8. The van der Waals surface area contributed by atoms with Crippen LogP contribution in [0.25, 0.3) is 92.8 Å². The lowest BCUT2D eigenvalue weighted by atomic mass is 9.84. The Labute approximate surface area is 271 Å². The average molecular weight is 597 g/mol. The molecule has 0 fully saturated rings. The van der Waals surface area contributed by atoms with E-state index in [2.05, 4.69) is 164 Å². The molecule has 0 aliphatic carbocycles. The molecule has 0 saturated heterocycles. The molecule has 2 nitrogen and oxygen atoms in total. The number of fused-ring (bicyclic) bond motifs is 6. The summed E-state index contributed by atoms with van der Waals surface area (Å²) in [6.45, 7) is 0. The molecule has 0 aliphatic rings. The first-order valence-electron chi connectivity index (χ1n) is 16.1. The first kappa shape index (κ1) is 26.0. The van der Waals surface area contributed by atoms with E-state index >= 15 is 0 Å². The van der Waals surface area contributed by atoms with Gasteiger partial charge in [0.25, 0.3) is 0 Å². The van der Waals surface area contributed by atoms with Gasteiger partial charge in [-0.1, -0.05) is 133 Å². The predicted octanol–water partition coefficient (Wildman–Crippen LogP) is 12.1. The summed E-state index contributed by atoms with van der Waals surface area (Å²) in [5.74, 6) is 0. The summed E-state index contributed by atoms with van der Waals surface area (Å²) in [6.07, 6.45) is 4.14. The first-order valence-corrected chi connectivity index (χ1v) is 16.1. The minimum Gasteiger partial charge on any atom is -0.240 e. The fourth-order valence-electron chi connectivity index (χ4n) is 7.54. The molecule has 0 radical (unpaired) electrons. The van der Waals surface area contributed by atoms with Crippen molar-refractivity contribution < 1.29 is 0 Å². The van der Waals surface area contributed by atoms with Crippen LogP contribution in [0, 0.1) is 0 Å². The van der Waals surface area contributed by atoms with Gasteiger partial charge in [-0.3, -0.25) is 0 Å². The van der Waals surface area contributed by atoms with Crippen LogP contribution in [-0.2, 0) is 0 Å². The number of hydrogen-bond donors (Lipinski definition) is 0. The van der Waals surface area contributed by atoms with Crippen molar-refractivity contribution in [2.45, 2.75) is 0 Å². The van der Waals surface area contributed by atoms with Crippen molar-refractivity contribution in [2.24, 2.45) is 0 Å². The molecular formula is C45H28N2. The lowest BCUT2D eigenvalue weighted by Gasteiger charge is -2.19. The minimum absolute atomic E-state index is 1.10. The molecule has 10 rings (SSSR count). The summed E-state index contributed by atoms with van der Waals surface area (Å²) in [7, 11) is 0. The van der Waals surface area contributed by atoms with Gasteiger partial charge in [-0.25, -0.2) is 4.52 Å². The maximum absolute atomic E-state index is 4.80. The van der Waals surface area contributed by atoms with Gasteiger partial charge in [-0.05, 0) is 101 Å². The Hall–Kier alpha value is -6.25. The third kappa shape index (κ3) is 4.09. The number of pyridine rings is 1. The van der Waals surface area contributed by atoms with Gasteiger partial charge in [-0.2, -0.15) is 5.10 Å². The van der Waals surface area contributed by atoms with Crippen molar-refractivity contribution in [1.29, 1.82) is 0 Å². The highest BCUT2D eigenvalue weighted by Gasteiger charge is 2.19. The van der Waals surface area contributed by atoms with Crippen molar-refractivity contribution in [2.75, 3.05) is 0 Å². The van der Waals surface area contributed by atoms with Crippen molar-refractivity contribution in [1.82, 2.24) is 9.61 Å². The molecule has 47 heavy (non-hydrogen) atoms. The molecule has 0 atom stereocenters. The summed E-state index contributed by atoms with van der Waals surface area (Å²) < 4.78 is 2.01. The largest absolute Gasteiger partial charge is 0.240 e. The van der Waals surface area contributed by atoms with Crippen LogP contribution in [0.5, 0.6) is 0 Å². The Bertz CT molecular complexity index is 2860. The Balaban J connectivity index is 1.31. The van der Waals surface area contributed by atoms with Crippen LogP contribution in [0.4, 0.5) is 0 Å². The number of nitrogens with zero attached hydrogens (tertiary/aromatic N) is 2. The molecule has 2 heterocycles. The van der Waals surface area contributed by atoms with Crippen LogP contribution in [0.2, 0.25) is 0 Å². The average Bonchev–Trinajstić information content (AvgIpc) is 3.55. The fourth-order valence-corrected chi connectivity index (χ4v) is 7.54. The predicted molar refractivity (Wildman–Crippen MR) is 199 cm³/mol. The van der Waals surface area contributed by atoms with Crippen LogP contribution in [-0.4, -0.2) is 9.61 Å². The zero-order valence-corrected chi connectivity index (χ0v) is 25.6. The highest BCUT2D eigenvalue weighted by Crippen LogP contribution is 2.46. The Morgan fingerprint density at radius 3 is 1.49 bits per heavy atom. The number of hydrogen-bond acceptors (Lipinski definition) is 1. The van der Waals surface area contributed by atoms with Crippen LogP contribution >= 0.6 is 0 Å². The number of rotatable bonds is 3. The molecule has 0 unspecified atom stereocenters. The smallest absolute Gasteiger partial charge is 0.0746 e. The highest BCUT2D eigenvalue weighted by atomic mass is 15.2. The zero-order valence-electron chi connectivity index (χ0n) is 25.6. The second-order valence-corrected chi connectivity index (χ2v) is 12.5. The van der Waals surface area contributed by atoms with E-state index in [0.29, 0.717) is 0 Å². The standard InChI is InChI=1S/C45H28N2/c1-3-11-31-23-35(19-17-29(31)9-1)44-38-15-7-8-16-39(38)45(36-20-18-30-10-2-4-12-32(30)24-36)41-25-34(21-22-40(41)44)42-27-46-47-28-37-14-6-5-13-33(37)26-43(42)47/h1-28H. The SMILES string of the molecule is c1ccc2cc(-c3c4ccccc4c(-c4ccc5ccccc5c4)c4cc(-c5cnn6cc7ccccc7cc56)ccc34)ccc2c1. The van der Waals surface area contributed by atoms with Crippen LogP contribution in [0.15, 0.2) is 170 Å². The van der Waals surface area contributed by atoms with Gasteiger partial charge in [0.15, 0.2) is 0 Å². The third-order valence-electron chi connectivity index (χ3n) is 9.79. The molecule has 0 aliphatic heterocycles. The van der Waals surface area contributed by atoms with Gasteiger partial charge in [0, 0.05) is 17.1 Å². The quantitative estimate of drug-likeness (QED) is 0.185. The van der Waals surface area contributed by atoms with Gasteiger partial charge in [-0.15, -0.1) is 0 Å².